The molecule has 0 saturated heterocycles. The van der Waals surface area contributed by atoms with Gasteiger partial charge in [-0.2, -0.15) is 0 Å². The number of aldehydes is 1. The monoisotopic (exact) mass is 841 g/mol. The molecule has 4 N–H and O–H groups in total. The highest BCUT2D eigenvalue weighted by atomic mass is 16.1. The zero-order valence-corrected chi connectivity index (χ0v) is 35.7. The Labute approximate surface area is 380 Å². The van der Waals surface area contributed by atoms with E-state index in [1.807, 2.05) is 109 Å². The second-order valence-corrected chi connectivity index (χ2v) is 15.3. The van der Waals surface area contributed by atoms with E-state index in [0.717, 1.165) is 91.1 Å². The van der Waals surface area contributed by atoms with Crippen molar-refractivity contribution in [2.24, 2.45) is 0 Å². The van der Waals surface area contributed by atoms with Gasteiger partial charge in [-0.15, -0.1) is 0 Å². The average Bonchev–Trinajstić information content (AvgIpc) is 3.37. The second-order valence-electron chi connectivity index (χ2n) is 15.3. The summed E-state index contributed by atoms with van der Waals surface area (Å²) in [5.74, 6) is 0. The summed E-state index contributed by atoms with van der Waals surface area (Å²) in [7, 11) is 0. The van der Waals surface area contributed by atoms with Gasteiger partial charge >= 0.3 is 0 Å². The number of anilines is 11. The molecule has 314 valence electrons. The topological polar surface area (TPSA) is 68.4 Å². The molecule has 9 rings (SSSR count). The molecule has 0 bridgehead atoms. The summed E-state index contributed by atoms with van der Waals surface area (Å²) in [5.41, 5.74) is 14.2. The van der Waals surface area contributed by atoms with Gasteiger partial charge in [0, 0.05) is 45.1 Å². The van der Waals surface area contributed by atoms with Crippen LogP contribution in [0.15, 0.2) is 231 Å². The van der Waals surface area contributed by atoms with E-state index >= 15 is 0 Å². The first-order chi connectivity index (χ1) is 32.2. The van der Waals surface area contributed by atoms with Crippen molar-refractivity contribution in [3.8, 4) is 0 Å². The fraction of sp³-hybridized carbons (Fsp3) is 0. The largest absolute Gasteiger partial charge is 0.354 e. The van der Waals surface area contributed by atoms with E-state index < -0.39 is 0 Å². The van der Waals surface area contributed by atoms with Crippen LogP contribution in [-0.4, -0.2) is 6.29 Å². The summed E-state index contributed by atoms with van der Waals surface area (Å²) in [6.07, 6.45) is 9.53. The van der Waals surface area contributed by atoms with Crippen LogP contribution >= 0.6 is 0 Å². The first-order valence-corrected chi connectivity index (χ1v) is 21.6. The smallest absolute Gasteiger partial charge is 0.150 e. The SMILES string of the molecule is O=Cc1ccc(N(c2c(/C=C\c3ccccc3)ccc(Nc3ccccc3)c2Nc2ccccc2)c2c(/C=C\c3ccccc3)ccc(Nc3ccccc3)c2Nc2ccccc2)cc1. The fourth-order valence-corrected chi connectivity index (χ4v) is 7.68. The maximum absolute atomic E-state index is 12.3. The predicted molar refractivity (Wildman–Crippen MR) is 276 cm³/mol. The number of benzene rings is 9. The average molecular weight is 842 g/mol. The zero-order valence-electron chi connectivity index (χ0n) is 35.7. The first kappa shape index (κ1) is 41.5. The Kier molecular flexibility index (Phi) is 13.0. The molecule has 0 heterocycles. The molecule has 0 fully saturated rings. The zero-order chi connectivity index (χ0) is 44.0. The minimum absolute atomic E-state index is 0.575. The van der Waals surface area contributed by atoms with Crippen LogP contribution in [0, 0.1) is 0 Å². The third-order valence-corrected chi connectivity index (χ3v) is 10.9. The van der Waals surface area contributed by atoms with Crippen LogP contribution in [-0.2, 0) is 0 Å². The molecule has 0 aliphatic rings. The number of nitrogens with one attached hydrogen (secondary N) is 4. The van der Waals surface area contributed by atoms with Crippen LogP contribution < -0.4 is 26.2 Å². The number of rotatable bonds is 16. The van der Waals surface area contributed by atoms with Crippen LogP contribution in [0.25, 0.3) is 24.3 Å². The molecule has 0 amide bonds. The van der Waals surface area contributed by atoms with Gasteiger partial charge in [-0.25, -0.2) is 0 Å². The standard InChI is InChI=1S/C59H47N5O/c65-43-46-33-39-53(40-34-46)64(58-47(35-31-44-19-7-1-8-20-44)37-41-54(60-49-23-11-3-12-24-49)56(58)62-51-27-15-5-16-28-51)59-48(36-32-45-21-9-2-10-22-45)38-42-55(61-50-25-13-4-14-26-50)57(59)63-52-29-17-6-18-30-52/h1-43,60-63H/b35-31-,36-32-. The van der Waals surface area contributed by atoms with Crippen molar-refractivity contribution in [1.29, 1.82) is 0 Å². The first-order valence-electron chi connectivity index (χ1n) is 21.6. The Morgan fingerprint density at radius 3 is 1.00 bits per heavy atom. The van der Waals surface area contributed by atoms with E-state index in [9.17, 15) is 4.79 Å². The maximum atomic E-state index is 12.3. The van der Waals surface area contributed by atoms with Crippen molar-refractivity contribution in [3.05, 3.63) is 258 Å². The van der Waals surface area contributed by atoms with Crippen molar-refractivity contribution >= 4 is 93.2 Å². The lowest BCUT2D eigenvalue weighted by Crippen LogP contribution is -2.18. The number of carbonyl (C=O) groups is 1. The van der Waals surface area contributed by atoms with Crippen molar-refractivity contribution in [2.45, 2.75) is 0 Å². The van der Waals surface area contributed by atoms with Gasteiger partial charge in [0.15, 0.2) is 0 Å². The van der Waals surface area contributed by atoms with Crippen LogP contribution in [0.1, 0.15) is 32.6 Å². The van der Waals surface area contributed by atoms with Gasteiger partial charge in [-0.3, -0.25) is 4.79 Å². The Bertz CT molecular complexity index is 2830. The normalized spacial score (nSPS) is 11.0. The minimum Gasteiger partial charge on any atom is -0.354 e. The van der Waals surface area contributed by atoms with Crippen molar-refractivity contribution in [2.75, 3.05) is 26.2 Å². The molecule has 0 aliphatic carbocycles. The summed E-state index contributed by atoms with van der Waals surface area (Å²) in [5, 5.41) is 15.3. The van der Waals surface area contributed by atoms with Gasteiger partial charge in [-0.05, 0) is 96.1 Å². The van der Waals surface area contributed by atoms with Crippen LogP contribution in [0.5, 0.6) is 0 Å². The van der Waals surface area contributed by atoms with E-state index in [0.29, 0.717) is 5.56 Å². The van der Waals surface area contributed by atoms with E-state index in [1.54, 1.807) is 0 Å². The highest BCUT2D eigenvalue weighted by Crippen LogP contribution is 2.52. The van der Waals surface area contributed by atoms with Gasteiger partial charge in [-0.1, -0.05) is 170 Å². The number of nitrogens with zero attached hydrogens (tertiary/aromatic N) is 1. The summed E-state index contributed by atoms with van der Waals surface area (Å²) >= 11 is 0. The number of hydrogen-bond donors (Lipinski definition) is 4. The lowest BCUT2D eigenvalue weighted by atomic mass is 9.99. The summed E-state index contributed by atoms with van der Waals surface area (Å²) in [4.78, 5) is 14.6. The number of carbonyl (C=O) groups excluding carboxylic acids is 1. The molecule has 0 aromatic heterocycles. The van der Waals surface area contributed by atoms with Crippen LogP contribution in [0.3, 0.4) is 0 Å². The lowest BCUT2D eigenvalue weighted by molar-refractivity contribution is 0.112. The molecule has 6 heteroatoms. The molecule has 0 unspecified atom stereocenters. The van der Waals surface area contributed by atoms with Gasteiger partial charge in [0.25, 0.3) is 0 Å². The molecule has 0 spiro atoms. The van der Waals surface area contributed by atoms with Gasteiger partial charge in [0.05, 0.1) is 34.1 Å². The number of hydrogen-bond acceptors (Lipinski definition) is 6. The Hall–Kier alpha value is -8.87. The summed E-state index contributed by atoms with van der Waals surface area (Å²) in [6.45, 7) is 0. The van der Waals surface area contributed by atoms with E-state index in [4.69, 9.17) is 0 Å². The van der Waals surface area contributed by atoms with Gasteiger partial charge in [0.1, 0.15) is 6.29 Å². The highest BCUT2D eigenvalue weighted by Gasteiger charge is 2.28. The summed E-state index contributed by atoms with van der Waals surface area (Å²) < 4.78 is 0. The van der Waals surface area contributed by atoms with Crippen molar-refractivity contribution in [3.63, 3.8) is 0 Å². The molecule has 0 radical (unpaired) electrons. The Morgan fingerprint density at radius 2 is 0.646 bits per heavy atom. The van der Waals surface area contributed by atoms with Crippen LogP contribution in [0.2, 0.25) is 0 Å². The Morgan fingerprint density at radius 1 is 0.308 bits per heavy atom. The molecule has 9 aromatic rings. The van der Waals surface area contributed by atoms with Crippen LogP contribution in [0.4, 0.5) is 62.6 Å². The second kappa shape index (κ2) is 20.3. The molecule has 0 atom stereocenters. The van der Waals surface area contributed by atoms with Gasteiger partial charge < -0.3 is 26.2 Å². The Balaban J connectivity index is 1.40. The van der Waals surface area contributed by atoms with E-state index in [-0.39, 0.29) is 0 Å². The summed E-state index contributed by atoms with van der Waals surface area (Å²) in [6, 6.07) is 78.0. The molecule has 65 heavy (non-hydrogen) atoms. The fourth-order valence-electron chi connectivity index (χ4n) is 7.68. The van der Waals surface area contributed by atoms with Crippen molar-refractivity contribution in [1.82, 2.24) is 0 Å². The molecule has 9 aromatic carbocycles. The quantitative estimate of drug-likeness (QED) is 0.0574. The molecular formula is C59H47N5O. The highest BCUT2D eigenvalue weighted by molar-refractivity contribution is 6.06. The van der Waals surface area contributed by atoms with E-state index in [2.05, 4.69) is 172 Å². The molecule has 6 nitrogen and oxygen atoms in total. The predicted octanol–water partition coefficient (Wildman–Crippen LogP) is 16.3. The lowest BCUT2D eigenvalue weighted by Gasteiger charge is -2.34. The third-order valence-electron chi connectivity index (χ3n) is 10.9. The minimum atomic E-state index is 0.575. The maximum Gasteiger partial charge on any atom is 0.150 e. The third kappa shape index (κ3) is 10.3. The van der Waals surface area contributed by atoms with Crippen molar-refractivity contribution < 1.29 is 4.79 Å². The molecule has 0 aliphatic heterocycles. The molecule has 0 saturated carbocycles. The van der Waals surface area contributed by atoms with E-state index in [1.165, 1.54) is 0 Å². The van der Waals surface area contributed by atoms with Gasteiger partial charge in [0.2, 0.25) is 0 Å². The number of para-hydroxylation sites is 4. The molecular weight excluding hydrogens is 795 g/mol.